The van der Waals surface area contributed by atoms with Gasteiger partial charge in [0.2, 0.25) is 0 Å². The number of carbonyl (C=O) groups is 1. The largest absolute Gasteiger partial charge is 0.348 e. The quantitative estimate of drug-likeness (QED) is 0.789. The number of hydrogen-bond acceptors (Lipinski definition) is 4. The first kappa shape index (κ1) is 20.9. The number of unbranched alkanes of at least 4 members (excludes halogenated alkanes) is 1. The number of benzene rings is 1. The summed E-state index contributed by atoms with van der Waals surface area (Å²) in [5, 5.41) is 2.86. The summed E-state index contributed by atoms with van der Waals surface area (Å²) >= 11 is 0. The molecule has 1 aromatic carbocycles. The Morgan fingerprint density at radius 3 is 2.50 bits per heavy atom. The minimum absolute atomic E-state index is 0. The maximum absolute atomic E-state index is 12.2. The highest BCUT2D eigenvalue weighted by atomic mass is 35.5. The molecule has 0 spiro atoms. The summed E-state index contributed by atoms with van der Waals surface area (Å²) < 4.78 is 23.4. The number of rotatable bonds is 7. The number of sulfone groups is 1. The average Bonchev–Trinajstić information content (AvgIpc) is 2.42. The van der Waals surface area contributed by atoms with Crippen molar-refractivity contribution in [2.75, 3.05) is 12.8 Å². The molecule has 0 saturated heterocycles. The number of nitrogens with one attached hydrogen (secondary N) is 1. The van der Waals surface area contributed by atoms with Crippen LogP contribution in [0.5, 0.6) is 0 Å². The van der Waals surface area contributed by atoms with Gasteiger partial charge in [0.15, 0.2) is 9.84 Å². The fourth-order valence-corrected chi connectivity index (χ4v) is 3.10. The van der Waals surface area contributed by atoms with E-state index < -0.39 is 9.84 Å². The van der Waals surface area contributed by atoms with E-state index in [4.69, 9.17) is 5.73 Å². The van der Waals surface area contributed by atoms with Crippen molar-refractivity contribution in [3.05, 3.63) is 29.3 Å². The Morgan fingerprint density at radius 2 is 2.00 bits per heavy atom. The number of amides is 1. The summed E-state index contributed by atoms with van der Waals surface area (Å²) in [7, 11) is -3.34. The lowest BCUT2D eigenvalue weighted by Crippen LogP contribution is -2.40. The molecular weight excluding hydrogens is 324 g/mol. The van der Waals surface area contributed by atoms with Crippen LogP contribution in [0.2, 0.25) is 0 Å². The zero-order valence-corrected chi connectivity index (χ0v) is 14.9. The van der Waals surface area contributed by atoms with Gasteiger partial charge in [-0.1, -0.05) is 25.8 Å². The summed E-state index contributed by atoms with van der Waals surface area (Å²) in [4.78, 5) is 12.4. The van der Waals surface area contributed by atoms with Gasteiger partial charge in [0.25, 0.3) is 5.91 Å². The Hall–Kier alpha value is -1.11. The van der Waals surface area contributed by atoms with Crippen molar-refractivity contribution < 1.29 is 13.2 Å². The third-order valence-electron chi connectivity index (χ3n) is 3.38. The van der Waals surface area contributed by atoms with Crippen molar-refractivity contribution in [3.8, 4) is 0 Å². The molecule has 0 aliphatic heterocycles. The molecule has 0 heterocycles. The molecule has 0 aliphatic rings. The molecule has 0 bridgehead atoms. The maximum atomic E-state index is 12.2. The van der Waals surface area contributed by atoms with Crippen LogP contribution < -0.4 is 11.1 Å². The van der Waals surface area contributed by atoms with Gasteiger partial charge in [-0.3, -0.25) is 4.79 Å². The van der Waals surface area contributed by atoms with Crippen LogP contribution in [0.25, 0.3) is 0 Å². The molecule has 5 nitrogen and oxygen atoms in total. The van der Waals surface area contributed by atoms with E-state index >= 15 is 0 Å². The monoisotopic (exact) mass is 348 g/mol. The molecular formula is C15H25ClN2O3S. The highest BCUT2D eigenvalue weighted by Gasteiger charge is 2.16. The predicted octanol–water partition coefficient (Wildman–Crippen LogP) is 2.07. The first-order chi connectivity index (χ1) is 9.79. The van der Waals surface area contributed by atoms with E-state index in [-0.39, 0.29) is 29.3 Å². The van der Waals surface area contributed by atoms with Gasteiger partial charge >= 0.3 is 0 Å². The van der Waals surface area contributed by atoms with Crippen LogP contribution in [-0.4, -0.2) is 33.2 Å². The fourth-order valence-electron chi connectivity index (χ4n) is 2.11. The van der Waals surface area contributed by atoms with Crippen molar-refractivity contribution in [1.82, 2.24) is 5.32 Å². The molecule has 0 fully saturated rings. The molecule has 1 aromatic rings. The second-order valence-corrected chi connectivity index (χ2v) is 7.28. The van der Waals surface area contributed by atoms with E-state index in [1.807, 2.05) is 0 Å². The van der Waals surface area contributed by atoms with Crippen LogP contribution in [0, 0.1) is 6.92 Å². The van der Waals surface area contributed by atoms with Crippen LogP contribution in [-0.2, 0) is 9.84 Å². The van der Waals surface area contributed by atoms with E-state index in [0.29, 0.717) is 17.7 Å². The Labute approximate surface area is 139 Å². The van der Waals surface area contributed by atoms with Gasteiger partial charge in [0.05, 0.1) is 4.90 Å². The molecule has 1 atom stereocenters. The summed E-state index contributed by atoms with van der Waals surface area (Å²) in [5.41, 5.74) is 6.63. The Kier molecular flexibility index (Phi) is 8.66. The zero-order valence-electron chi connectivity index (χ0n) is 13.3. The first-order valence-electron chi connectivity index (χ1n) is 7.11. The van der Waals surface area contributed by atoms with Crippen LogP contribution >= 0.6 is 12.4 Å². The van der Waals surface area contributed by atoms with Crippen LogP contribution in [0.4, 0.5) is 0 Å². The van der Waals surface area contributed by atoms with E-state index in [9.17, 15) is 13.2 Å². The minimum Gasteiger partial charge on any atom is -0.348 e. The third-order valence-corrected chi connectivity index (χ3v) is 4.61. The summed E-state index contributed by atoms with van der Waals surface area (Å²) in [6, 6.07) is 4.62. The van der Waals surface area contributed by atoms with Crippen LogP contribution in [0.15, 0.2) is 23.1 Å². The summed E-state index contributed by atoms with van der Waals surface area (Å²) in [6.07, 6.45) is 3.99. The predicted molar refractivity (Wildman–Crippen MR) is 91.4 cm³/mol. The average molecular weight is 349 g/mol. The fraction of sp³-hybridized carbons (Fsp3) is 0.533. The third kappa shape index (κ3) is 5.94. The molecule has 3 N–H and O–H groups in total. The van der Waals surface area contributed by atoms with Crippen molar-refractivity contribution in [1.29, 1.82) is 0 Å². The standard InChI is InChI=1S/C15H24N2O3S.ClH/c1-4-5-6-13(10-16)17-15(18)12-8-7-11(2)14(9-12)21(3,19)20;/h7-9,13H,4-6,10,16H2,1-3H3,(H,17,18);1H. The second-order valence-electron chi connectivity index (χ2n) is 5.30. The second kappa shape index (κ2) is 9.12. The zero-order chi connectivity index (χ0) is 16.0. The molecule has 1 rings (SSSR count). The van der Waals surface area contributed by atoms with Gasteiger partial charge in [-0.2, -0.15) is 0 Å². The van der Waals surface area contributed by atoms with Crippen LogP contribution in [0.3, 0.4) is 0 Å². The van der Waals surface area contributed by atoms with Gasteiger partial charge in [-0.05, 0) is 31.0 Å². The number of nitrogens with two attached hydrogens (primary N) is 1. The van der Waals surface area contributed by atoms with Crippen molar-refractivity contribution in [2.45, 2.75) is 44.0 Å². The normalized spacial score (nSPS) is 12.4. The van der Waals surface area contributed by atoms with E-state index in [0.717, 1.165) is 25.5 Å². The Morgan fingerprint density at radius 1 is 1.36 bits per heavy atom. The maximum Gasteiger partial charge on any atom is 0.251 e. The molecule has 1 unspecified atom stereocenters. The van der Waals surface area contributed by atoms with Gasteiger partial charge in [-0.15, -0.1) is 12.4 Å². The van der Waals surface area contributed by atoms with E-state index in [1.165, 1.54) is 6.07 Å². The Bertz CT molecular complexity index is 603. The smallest absolute Gasteiger partial charge is 0.251 e. The molecule has 0 radical (unpaired) electrons. The van der Waals surface area contributed by atoms with Gasteiger partial charge in [0.1, 0.15) is 0 Å². The van der Waals surface area contributed by atoms with Gasteiger partial charge in [0, 0.05) is 24.4 Å². The topological polar surface area (TPSA) is 89.3 Å². The highest BCUT2D eigenvalue weighted by Crippen LogP contribution is 2.17. The number of hydrogen-bond donors (Lipinski definition) is 2. The lowest BCUT2D eigenvalue weighted by molar-refractivity contribution is 0.0935. The molecule has 0 aromatic heterocycles. The molecule has 0 aliphatic carbocycles. The molecule has 126 valence electrons. The molecule has 22 heavy (non-hydrogen) atoms. The van der Waals surface area contributed by atoms with Crippen molar-refractivity contribution in [3.63, 3.8) is 0 Å². The van der Waals surface area contributed by atoms with Crippen molar-refractivity contribution in [2.24, 2.45) is 5.73 Å². The number of halogens is 1. The molecule has 0 saturated carbocycles. The SMILES string of the molecule is CCCCC(CN)NC(=O)c1ccc(C)c(S(C)(=O)=O)c1.Cl. The number of aryl methyl sites for hydroxylation is 1. The van der Waals surface area contributed by atoms with E-state index in [1.54, 1.807) is 19.1 Å². The Balaban J connectivity index is 0.00000441. The van der Waals surface area contributed by atoms with Gasteiger partial charge < -0.3 is 11.1 Å². The summed E-state index contributed by atoms with van der Waals surface area (Å²) in [5.74, 6) is -0.286. The van der Waals surface area contributed by atoms with E-state index in [2.05, 4.69) is 12.2 Å². The number of carbonyl (C=O) groups excluding carboxylic acids is 1. The molecule has 7 heteroatoms. The first-order valence-corrected chi connectivity index (χ1v) is 9.00. The lowest BCUT2D eigenvalue weighted by Gasteiger charge is -2.17. The van der Waals surface area contributed by atoms with Gasteiger partial charge in [-0.25, -0.2) is 8.42 Å². The van der Waals surface area contributed by atoms with Crippen molar-refractivity contribution >= 4 is 28.2 Å². The minimum atomic E-state index is -3.34. The summed E-state index contributed by atoms with van der Waals surface area (Å²) in [6.45, 7) is 4.16. The lowest BCUT2D eigenvalue weighted by atomic mass is 10.1. The van der Waals surface area contributed by atoms with Crippen LogP contribution in [0.1, 0.15) is 42.1 Å². The highest BCUT2D eigenvalue weighted by molar-refractivity contribution is 7.90. The molecule has 1 amide bonds.